The highest BCUT2D eigenvalue weighted by Crippen LogP contribution is 2.37. The number of aliphatic hydroxyl groups is 2. The lowest BCUT2D eigenvalue weighted by Gasteiger charge is -2.35. The van der Waals surface area contributed by atoms with Gasteiger partial charge in [0.15, 0.2) is 0 Å². The van der Waals surface area contributed by atoms with Crippen molar-refractivity contribution in [2.75, 3.05) is 13.2 Å². The van der Waals surface area contributed by atoms with Gasteiger partial charge < -0.3 is 19.7 Å². The maximum Gasteiger partial charge on any atom is 0.338 e. The Hall–Kier alpha value is -1.92. The lowest BCUT2D eigenvalue weighted by molar-refractivity contribution is 0.00549. The first-order chi connectivity index (χ1) is 14.2. The van der Waals surface area contributed by atoms with Crippen molar-refractivity contribution in [1.29, 1.82) is 0 Å². The third-order valence-corrected chi connectivity index (χ3v) is 6.76. The molecule has 0 spiro atoms. The van der Waals surface area contributed by atoms with Crippen LogP contribution in [0.25, 0.3) is 0 Å². The first kappa shape index (κ1) is 22.8. The molecule has 2 aliphatic rings. The molecule has 0 atom stereocenters. The van der Waals surface area contributed by atoms with E-state index in [0.29, 0.717) is 24.3 Å². The maximum absolute atomic E-state index is 12.5. The summed E-state index contributed by atoms with van der Waals surface area (Å²) < 4.78 is 11.1. The van der Waals surface area contributed by atoms with E-state index in [1.54, 1.807) is 18.2 Å². The third kappa shape index (κ3) is 6.05. The second-order valence-corrected chi connectivity index (χ2v) is 9.82. The zero-order chi connectivity index (χ0) is 21.8. The van der Waals surface area contributed by atoms with E-state index in [0.717, 1.165) is 51.4 Å². The second kappa shape index (κ2) is 9.48. The van der Waals surface area contributed by atoms with Gasteiger partial charge in [0, 0.05) is 10.8 Å². The molecule has 2 saturated carbocycles. The monoisotopic (exact) mass is 418 g/mol. The number of ether oxygens (including phenoxy) is 2. The van der Waals surface area contributed by atoms with Gasteiger partial charge in [-0.25, -0.2) is 9.59 Å². The Kier molecular flexibility index (Phi) is 7.19. The van der Waals surface area contributed by atoms with Crippen LogP contribution in [0.15, 0.2) is 24.3 Å². The fourth-order valence-corrected chi connectivity index (χ4v) is 4.31. The van der Waals surface area contributed by atoms with Crippen LogP contribution in [0.2, 0.25) is 0 Å². The van der Waals surface area contributed by atoms with Gasteiger partial charge in [0.1, 0.15) is 0 Å². The molecular formula is C24H34O6. The van der Waals surface area contributed by atoms with Crippen molar-refractivity contribution in [3.8, 4) is 0 Å². The van der Waals surface area contributed by atoms with Crippen LogP contribution in [0.1, 0.15) is 85.9 Å². The number of rotatable bonds is 6. The quantitative estimate of drug-likeness (QED) is 0.681. The van der Waals surface area contributed by atoms with E-state index < -0.39 is 11.9 Å². The molecule has 2 N–H and O–H groups in total. The fourth-order valence-electron chi connectivity index (χ4n) is 4.31. The van der Waals surface area contributed by atoms with Crippen LogP contribution >= 0.6 is 0 Å². The van der Waals surface area contributed by atoms with Crippen molar-refractivity contribution in [2.45, 2.75) is 77.4 Å². The van der Waals surface area contributed by atoms with Crippen LogP contribution in [0, 0.1) is 10.8 Å². The SMILES string of the molecule is CC1(COC(=O)c2cccc(C(=O)OCC3(C)CCC(O)CC3)c2)CCC(O)CC1. The van der Waals surface area contributed by atoms with Gasteiger partial charge in [-0.05, 0) is 69.6 Å². The molecule has 30 heavy (non-hydrogen) atoms. The van der Waals surface area contributed by atoms with E-state index in [1.165, 1.54) is 6.07 Å². The number of esters is 2. The molecule has 0 radical (unpaired) electrons. The van der Waals surface area contributed by atoms with Crippen molar-refractivity contribution in [3.63, 3.8) is 0 Å². The van der Waals surface area contributed by atoms with Gasteiger partial charge >= 0.3 is 11.9 Å². The average Bonchev–Trinajstić information content (AvgIpc) is 2.75. The highest BCUT2D eigenvalue weighted by atomic mass is 16.5. The Balaban J connectivity index is 1.53. The van der Waals surface area contributed by atoms with Gasteiger partial charge in [-0.2, -0.15) is 0 Å². The van der Waals surface area contributed by atoms with Gasteiger partial charge in [-0.15, -0.1) is 0 Å². The highest BCUT2D eigenvalue weighted by molar-refractivity contribution is 5.95. The minimum absolute atomic E-state index is 0.117. The van der Waals surface area contributed by atoms with Crippen LogP contribution in [0.4, 0.5) is 0 Å². The van der Waals surface area contributed by atoms with Gasteiger partial charge in [-0.1, -0.05) is 19.9 Å². The zero-order valence-electron chi connectivity index (χ0n) is 18.1. The largest absolute Gasteiger partial charge is 0.462 e. The predicted molar refractivity (Wildman–Crippen MR) is 112 cm³/mol. The summed E-state index contributed by atoms with van der Waals surface area (Å²) in [6.45, 7) is 4.75. The van der Waals surface area contributed by atoms with Crippen molar-refractivity contribution in [1.82, 2.24) is 0 Å². The van der Waals surface area contributed by atoms with Crippen molar-refractivity contribution in [2.24, 2.45) is 10.8 Å². The number of aliphatic hydroxyl groups excluding tert-OH is 2. The van der Waals surface area contributed by atoms with Crippen molar-refractivity contribution in [3.05, 3.63) is 35.4 Å². The topological polar surface area (TPSA) is 93.1 Å². The molecule has 1 aromatic carbocycles. The summed E-state index contributed by atoms with van der Waals surface area (Å²) in [6.07, 6.45) is 5.70. The average molecular weight is 419 g/mol. The van der Waals surface area contributed by atoms with Crippen LogP contribution in [0.5, 0.6) is 0 Å². The standard InChI is InChI=1S/C24H34O6/c1-23(10-6-19(25)7-11-23)15-29-21(27)17-4-3-5-18(14-17)22(28)30-16-24(2)12-8-20(26)9-13-24/h3-5,14,19-20,25-26H,6-13,15-16H2,1-2H3. The van der Waals surface area contributed by atoms with Crippen molar-refractivity contribution < 1.29 is 29.3 Å². The summed E-state index contributed by atoms with van der Waals surface area (Å²) in [4.78, 5) is 25.0. The third-order valence-electron chi connectivity index (χ3n) is 6.76. The molecule has 166 valence electrons. The smallest absolute Gasteiger partial charge is 0.338 e. The Bertz CT molecular complexity index is 683. The predicted octanol–water partition coefficient (Wildman–Crippen LogP) is 3.88. The zero-order valence-corrected chi connectivity index (χ0v) is 18.1. The Morgan fingerprint density at radius 3 is 1.57 bits per heavy atom. The minimum Gasteiger partial charge on any atom is -0.462 e. The number of carbonyl (C=O) groups is 2. The molecule has 0 bridgehead atoms. The molecule has 1 aromatic rings. The summed E-state index contributed by atoms with van der Waals surface area (Å²) in [7, 11) is 0. The molecule has 2 aliphatic carbocycles. The molecule has 0 amide bonds. The molecule has 0 aromatic heterocycles. The van der Waals surface area contributed by atoms with Crippen molar-refractivity contribution >= 4 is 11.9 Å². The molecule has 0 saturated heterocycles. The molecule has 0 aliphatic heterocycles. The van der Waals surface area contributed by atoms with Crippen LogP contribution in [-0.2, 0) is 9.47 Å². The van der Waals surface area contributed by atoms with E-state index in [1.807, 2.05) is 0 Å². The molecule has 6 heteroatoms. The number of hydrogen-bond acceptors (Lipinski definition) is 6. The minimum atomic E-state index is -0.453. The molecule has 0 heterocycles. The van der Waals surface area contributed by atoms with Gasteiger partial charge in [0.05, 0.1) is 36.5 Å². The van der Waals surface area contributed by atoms with Crippen LogP contribution in [0.3, 0.4) is 0 Å². The summed E-state index contributed by atoms with van der Waals surface area (Å²) >= 11 is 0. The Labute approximate surface area is 178 Å². The van der Waals surface area contributed by atoms with Crippen LogP contribution in [-0.4, -0.2) is 47.6 Å². The number of hydrogen-bond donors (Lipinski definition) is 2. The summed E-state index contributed by atoms with van der Waals surface area (Å²) in [6, 6.07) is 6.45. The lowest BCUT2D eigenvalue weighted by Crippen LogP contribution is -2.32. The van der Waals surface area contributed by atoms with Gasteiger partial charge in [-0.3, -0.25) is 0 Å². The molecule has 0 unspecified atom stereocenters. The van der Waals surface area contributed by atoms with Gasteiger partial charge in [0.25, 0.3) is 0 Å². The maximum atomic E-state index is 12.5. The van der Waals surface area contributed by atoms with E-state index in [4.69, 9.17) is 9.47 Å². The normalized spacial score (nSPS) is 31.7. The second-order valence-electron chi connectivity index (χ2n) is 9.82. The molecule has 2 fully saturated rings. The van der Waals surface area contributed by atoms with Crippen LogP contribution < -0.4 is 0 Å². The van der Waals surface area contributed by atoms with E-state index in [2.05, 4.69) is 13.8 Å². The molecule has 3 rings (SSSR count). The first-order valence-corrected chi connectivity index (χ1v) is 11.0. The van der Waals surface area contributed by atoms with E-state index >= 15 is 0 Å². The first-order valence-electron chi connectivity index (χ1n) is 11.0. The summed E-state index contributed by atoms with van der Waals surface area (Å²) in [5.74, 6) is -0.907. The molecular weight excluding hydrogens is 384 g/mol. The lowest BCUT2D eigenvalue weighted by atomic mass is 9.75. The van der Waals surface area contributed by atoms with E-state index in [9.17, 15) is 19.8 Å². The summed E-state index contributed by atoms with van der Waals surface area (Å²) in [5, 5.41) is 19.3. The number of benzene rings is 1. The van der Waals surface area contributed by atoms with E-state index in [-0.39, 0.29) is 23.0 Å². The fraction of sp³-hybridized carbons (Fsp3) is 0.667. The Morgan fingerprint density at radius 1 is 0.833 bits per heavy atom. The van der Waals surface area contributed by atoms with Gasteiger partial charge in [0.2, 0.25) is 0 Å². The Morgan fingerprint density at radius 2 is 1.20 bits per heavy atom. The molecule has 6 nitrogen and oxygen atoms in total. The number of carbonyl (C=O) groups excluding carboxylic acids is 2. The highest BCUT2D eigenvalue weighted by Gasteiger charge is 2.33. The summed E-state index contributed by atoms with van der Waals surface area (Å²) in [5.41, 5.74) is 0.426.